The molecular formula is C36H48N4O6. The standard InChI is InChI=1S/C36H48N4O6/c1-10-24(3)29(39-34(44)46-36(7,8)9)32(42)40(21-20-37)30(27-19-15-18-25(11-2)22-27)31(41)38-28(33(43)45-35(4,5)6)23-26-16-13-12-14-17-26/h11-19,22,24,28-30H,2,10,21,23H2,1,3-9H3,(H,38,41)(H,39,44). The summed E-state index contributed by atoms with van der Waals surface area (Å²) in [6.45, 7) is 17.3. The van der Waals surface area contributed by atoms with E-state index >= 15 is 0 Å². The lowest BCUT2D eigenvalue weighted by molar-refractivity contribution is -0.159. The fourth-order valence-electron chi connectivity index (χ4n) is 4.66. The van der Waals surface area contributed by atoms with Gasteiger partial charge in [-0.2, -0.15) is 5.26 Å². The summed E-state index contributed by atoms with van der Waals surface area (Å²) in [5.74, 6) is -2.37. The van der Waals surface area contributed by atoms with Gasteiger partial charge in [-0.15, -0.1) is 0 Å². The van der Waals surface area contributed by atoms with Crippen molar-refractivity contribution in [3.8, 4) is 6.07 Å². The Labute approximate surface area is 273 Å². The third kappa shape index (κ3) is 11.7. The van der Waals surface area contributed by atoms with Gasteiger partial charge in [-0.25, -0.2) is 9.59 Å². The van der Waals surface area contributed by atoms with E-state index in [0.29, 0.717) is 17.5 Å². The third-order valence-electron chi connectivity index (χ3n) is 6.99. The van der Waals surface area contributed by atoms with Gasteiger partial charge in [-0.05, 0) is 70.2 Å². The molecule has 0 radical (unpaired) electrons. The maximum absolute atomic E-state index is 14.3. The topological polar surface area (TPSA) is 138 Å². The van der Waals surface area contributed by atoms with Gasteiger partial charge < -0.3 is 25.0 Å². The molecule has 0 fully saturated rings. The molecule has 2 N–H and O–H groups in total. The van der Waals surface area contributed by atoms with Crippen LogP contribution in [0.15, 0.2) is 61.2 Å². The van der Waals surface area contributed by atoms with E-state index in [0.717, 1.165) is 10.5 Å². The van der Waals surface area contributed by atoms with E-state index < -0.39 is 59.7 Å². The summed E-state index contributed by atoms with van der Waals surface area (Å²) in [6, 6.07) is 14.4. The summed E-state index contributed by atoms with van der Waals surface area (Å²) in [4.78, 5) is 56.0. The van der Waals surface area contributed by atoms with E-state index in [9.17, 15) is 24.4 Å². The number of amides is 3. The molecule has 248 valence electrons. The molecule has 10 heteroatoms. The largest absolute Gasteiger partial charge is 0.458 e. The number of hydrogen-bond acceptors (Lipinski definition) is 7. The SMILES string of the molecule is C=Cc1cccc(C(C(=O)NC(Cc2ccccc2)C(=O)OC(C)(C)C)N(CC#N)C(=O)C(NC(=O)OC(C)(C)C)C(C)CC)c1. The molecule has 0 aliphatic rings. The van der Waals surface area contributed by atoms with Crippen molar-refractivity contribution in [1.29, 1.82) is 5.26 Å². The van der Waals surface area contributed by atoms with E-state index in [1.165, 1.54) is 0 Å². The van der Waals surface area contributed by atoms with Gasteiger partial charge in [0.05, 0.1) is 6.07 Å². The number of carbonyl (C=O) groups is 4. The van der Waals surface area contributed by atoms with Crippen molar-refractivity contribution in [3.63, 3.8) is 0 Å². The van der Waals surface area contributed by atoms with Gasteiger partial charge in [-0.1, -0.05) is 81.5 Å². The molecule has 2 rings (SSSR count). The second-order valence-corrected chi connectivity index (χ2v) is 13.2. The molecule has 46 heavy (non-hydrogen) atoms. The summed E-state index contributed by atoms with van der Waals surface area (Å²) >= 11 is 0. The number of esters is 1. The lowest BCUT2D eigenvalue weighted by atomic mass is 9.95. The quantitative estimate of drug-likeness (QED) is 0.212. The van der Waals surface area contributed by atoms with E-state index in [1.807, 2.05) is 43.3 Å². The van der Waals surface area contributed by atoms with Crippen LogP contribution in [-0.2, 0) is 30.3 Å². The molecule has 10 nitrogen and oxygen atoms in total. The van der Waals surface area contributed by atoms with E-state index in [-0.39, 0.29) is 12.3 Å². The second-order valence-electron chi connectivity index (χ2n) is 13.2. The Balaban J connectivity index is 2.64. The van der Waals surface area contributed by atoms with Gasteiger partial charge in [0.25, 0.3) is 0 Å². The number of nitrogens with zero attached hydrogens (tertiary/aromatic N) is 2. The van der Waals surface area contributed by atoms with Crippen LogP contribution in [0.1, 0.15) is 84.5 Å². The van der Waals surface area contributed by atoms with Crippen LogP contribution in [0.2, 0.25) is 0 Å². The summed E-state index contributed by atoms with van der Waals surface area (Å²) in [6.07, 6.45) is 1.43. The van der Waals surface area contributed by atoms with Gasteiger partial charge in [-0.3, -0.25) is 9.59 Å². The normalized spacial score (nSPS) is 14.0. The van der Waals surface area contributed by atoms with Crippen LogP contribution in [0.3, 0.4) is 0 Å². The molecule has 4 unspecified atom stereocenters. The van der Waals surface area contributed by atoms with E-state index in [2.05, 4.69) is 17.2 Å². The smallest absolute Gasteiger partial charge is 0.408 e. The summed E-state index contributed by atoms with van der Waals surface area (Å²) in [5, 5.41) is 15.4. The minimum Gasteiger partial charge on any atom is -0.458 e. The predicted octanol–water partition coefficient (Wildman–Crippen LogP) is 5.73. The molecule has 2 aromatic rings. The van der Waals surface area contributed by atoms with Crippen molar-refractivity contribution in [3.05, 3.63) is 77.9 Å². The molecule has 0 heterocycles. The van der Waals surface area contributed by atoms with Crippen molar-refractivity contribution in [2.24, 2.45) is 5.92 Å². The lowest BCUT2D eigenvalue weighted by Gasteiger charge is -2.35. The molecule has 0 spiro atoms. The van der Waals surface area contributed by atoms with E-state index in [4.69, 9.17) is 9.47 Å². The average molecular weight is 633 g/mol. The number of benzene rings is 2. The number of alkyl carbamates (subject to hydrolysis) is 1. The summed E-state index contributed by atoms with van der Waals surface area (Å²) in [7, 11) is 0. The molecule has 0 aromatic heterocycles. The third-order valence-corrected chi connectivity index (χ3v) is 6.99. The molecule has 0 saturated heterocycles. The summed E-state index contributed by atoms with van der Waals surface area (Å²) < 4.78 is 11.1. The van der Waals surface area contributed by atoms with Gasteiger partial charge in [0.1, 0.15) is 35.9 Å². The molecule has 0 aliphatic heterocycles. The van der Waals surface area contributed by atoms with Gasteiger partial charge >= 0.3 is 12.1 Å². The average Bonchev–Trinajstić information content (AvgIpc) is 2.97. The van der Waals surface area contributed by atoms with Crippen molar-refractivity contribution in [1.82, 2.24) is 15.5 Å². The Morgan fingerprint density at radius 2 is 1.59 bits per heavy atom. The number of carbonyl (C=O) groups excluding carboxylic acids is 4. The zero-order valence-electron chi connectivity index (χ0n) is 28.3. The molecule has 0 saturated carbocycles. The van der Waals surface area contributed by atoms with Gasteiger partial charge in [0.2, 0.25) is 11.8 Å². The Hall–Kier alpha value is -4.65. The van der Waals surface area contributed by atoms with Crippen LogP contribution in [0.5, 0.6) is 0 Å². The van der Waals surface area contributed by atoms with Gasteiger partial charge in [0, 0.05) is 6.42 Å². The number of nitriles is 1. The first-order valence-corrected chi connectivity index (χ1v) is 15.5. The Morgan fingerprint density at radius 3 is 2.13 bits per heavy atom. The fourth-order valence-corrected chi connectivity index (χ4v) is 4.66. The van der Waals surface area contributed by atoms with Crippen molar-refractivity contribution in [2.75, 3.05) is 6.54 Å². The Bertz CT molecular complexity index is 1400. The molecule has 4 atom stereocenters. The highest BCUT2D eigenvalue weighted by atomic mass is 16.6. The zero-order chi connectivity index (χ0) is 34.7. The number of rotatable bonds is 13. The van der Waals surface area contributed by atoms with Crippen LogP contribution in [0, 0.1) is 17.2 Å². The molecular weight excluding hydrogens is 584 g/mol. The van der Waals surface area contributed by atoms with Crippen molar-refractivity contribution < 1.29 is 28.7 Å². The Morgan fingerprint density at radius 1 is 0.957 bits per heavy atom. The highest BCUT2D eigenvalue weighted by Crippen LogP contribution is 2.26. The number of hydrogen-bond donors (Lipinski definition) is 2. The highest BCUT2D eigenvalue weighted by Gasteiger charge is 2.39. The first-order valence-electron chi connectivity index (χ1n) is 15.5. The van der Waals surface area contributed by atoms with Crippen molar-refractivity contribution in [2.45, 2.75) is 97.6 Å². The first-order chi connectivity index (χ1) is 21.5. The maximum Gasteiger partial charge on any atom is 0.408 e. The summed E-state index contributed by atoms with van der Waals surface area (Å²) in [5.41, 5.74) is 0.211. The van der Waals surface area contributed by atoms with E-state index in [1.54, 1.807) is 78.8 Å². The highest BCUT2D eigenvalue weighted by molar-refractivity contribution is 5.94. The van der Waals surface area contributed by atoms with Crippen LogP contribution in [-0.4, -0.2) is 58.6 Å². The first kappa shape index (κ1) is 37.5. The molecule has 0 bridgehead atoms. The van der Waals surface area contributed by atoms with Crippen LogP contribution in [0.4, 0.5) is 4.79 Å². The van der Waals surface area contributed by atoms with Crippen LogP contribution < -0.4 is 10.6 Å². The monoisotopic (exact) mass is 632 g/mol. The molecule has 3 amide bonds. The number of nitrogens with one attached hydrogen (secondary N) is 2. The maximum atomic E-state index is 14.3. The van der Waals surface area contributed by atoms with Gasteiger partial charge in [0.15, 0.2) is 0 Å². The lowest BCUT2D eigenvalue weighted by Crippen LogP contribution is -2.56. The molecule has 0 aliphatic carbocycles. The molecule has 2 aromatic carbocycles. The zero-order valence-corrected chi connectivity index (χ0v) is 28.3. The Kier molecular flexibility index (Phi) is 13.5. The minimum absolute atomic E-state index is 0.128. The predicted molar refractivity (Wildman–Crippen MR) is 177 cm³/mol. The minimum atomic E-state index is -1.35. The number of ether oxygens (including phenoxy) is 2. The fraction of sp³-hybridized carbons (Fsp3) is 0.472. The van der Waals surface area contributed by atoms with Crippen molar-refractivity contribution >= 4 is 30.0 Å². The second kappa shape index (κ2) is 16.6. The van der Waals surface area contributed by atoms with Crippen LogP contribution >= 0.6 is 0 Å². The van der Waals surface area contributed by atoms with Crippen LogP contribution in [0.25, 0.3) is 6.08 Å².